The fourth-order valence-electron chi connectivity index (χ4n) is 2.00. The van der Waals surface area contributed by atoms with Gasteiger partial charge in [-0.05, 0) is 37.0 Å². The number of nitrogens with zero attached hydrogens (tertiary/aromatic N) is 2. The third-order valence-electron chi connectivity index (χ3n) is 2.75. The molecule has 0 saturated carbocycles. The number of hydrogen-bond donors (Lipinski definition) is 1. The van der Waals surface area contributed by atoms with Crippen molar-refractivity contribution in [3.63, 3.8) is 0 Å². The van der Waals surface area contributed by atoms with Crippen LogP contribution < -0.4 is 10.6 Å². The molecule has 76 valence electrons. The minimum atomic E-state index is 0.578. The summed E-state index contributed by atoms with van der Waals surface area (Å²) in [6.45, 7) is 4.99. The second kappa shape index (κ2) is 3.96. The molecule has 1 aromatic rings. The van der Waals surface area contributed by atoms with Crippen molar-refractivity contribution in [2.45, 2.75) is 26.3 Å². The van der Waals surface area contributed by atoms with Crippen molar-refractivity contribution in [1.82, 2.24) is 4.98 Å². The average molecular weight is 191 g/mol. The molecule has 1 aliphatic heterocycles. The zero-order valence-corrected chi connectivity index (χ0v) is 8.66. The normalized spacial score (nSPS) is 16.3. The smallest absolute Gasteiger partial charge is 0.131 e. The Bertz CT molecular complexity index is 316. The fraction of sp³-hybridized carbons (Fsp3) is 0.545. The molecule has 0 aliphatic carbocycles. The van der Waals surface area contributed by atoms with E-state index in [9.17, 15) is 0 Å². The predicted octanol–water partition coefficient (Wildman–Crippen LogP) is 1.45. The van der Waals surface area contributed by atoms with Crippen molar-refractivity contribution < 1.29 is 0 Å². The highest BCUT2D eigenvalue weighted by atomic mass is 15.2. The molecule has 2 rings (SSSR count). The lowest BCUT2D eigenvalue weighted by atomic mass is 10.2. The molecule has 14 heavy (non-hydrogen) atoms. The first-order valence-electron chi connectivity index (χ1n) is 5.22. The molecule has 1 saturated heterocycles. The van der Waals surface area contributed by atoms with E-state index in [1.54, 1.807) is 0 Å². The summed E-state index contributed by atoms with van der Waals surface area (Å²) in [7, 11) is 0. The molecule has 0 atom stereocenters. The van der Waals surface area contributed by atoms with Crippen LogP contribution in [0.2, 0.25) is 0 Å². The molecular formula is C11H17N3. The Kier molecular flexibility index (Phi) is 2.68. The third kappa shape index (κ3) is 1.73. The summed E-state index contributed by atoms with van der Waals surface area (Å²) >= 11 is 0. The Morgan fingerprint density at radius 1 is 1.43 bits per heavy atom. The third-order valence-corrected chi connectivity index (χ3v) is 2.75. The molecule has 0 bridgehead atoms. The molecule has 0 aromatic carbocycles. The molecule has 1 aromatic heterocycles. The number of aromatic nitrogens is 1. The van der Waals surface area contributed by atoms with Gasteiger partial charge in [0, 0.05) is 25.8 Å². The van der Waals surface area contributed by atoms with Crippen LogP contribution in [0.25, 0.3) is 0 Å². The minimum Gasteiger partial charge on any atom is -0.356 e. The maximum Gasteiger partial charge on any atom is 0.131 e. The Hall–Kier alpha value is -1.09. The molecule has 1 fully saturated rings. The maximum absolute atomic E-state index is 5.57. The van der Waals surface area contributed by atoms with E-state index in [1.165, 1.54) is 18.4 Å². The molecule has 0 amide bonds. The molecule has 0 radical (unpaired) electrons. The number of anilines is 1. The van der Waals surface area contributed by atoms with Gasteiger partial charge in [-0.2, -0.15) is 0 Å². The lowest BCUT2D eigenvalue weighted by Crippen LogP contribution is -2.20. The largest absolute Gasteiger partial charge is 0.356 e. The highest BCUT2D eigenvalue weighted by molar-refractivity contribution is 5.47. The van der Waals surface area contributed by atoms with Gasteiger partial charge in [0.15, 0.2) is 0 Å². The van der Waals surface area contributed by atoms with Gasteiger partial charge in [0.2, 0.25) is 0 Å². The number of pyridine rings is 1. The molecule has 2 N–H and O–H groups in total. The van der Waals surface area contributed by atoms with Crippen LogP contribution in [0.1, 0.15) is 24.0 Å². The van der Waals surface area contributed by atoms with Crippen LogP contribution >= 0.6 is 0 Å². The number of hydrogen-bond acceptors (Lipinski definition) is 3. The molecule has 0 unspecified atom stereocenters. The summed E-state index contributed by atoms with van der Waals surface area (Å²) < 4.78 is 0. The molecule has 3 heteroatoms. The van der Waals surface area contributed by atoms with Gasteiger partial charge in [-0.25, -0.2) is 4.98 Å². The first-order chi connectivity index (χ1) is 6.81. The number of rotatable bonds is 2. The van der Waals surface area contributed by atoms with Crippen molar-refractivity contribution in [2.24, 2.45) is 5.73 Å². The Balaban J connectivity index is 2.25. The molecule has 0 spiro atoms. The van der Waals surface area contributed by atoms with E-state index in [0.29, 0.717) is 6.54 Å². The summed E-state index contributed by atoms with van der Waals surface area (Å²) in [5.41, 5.74) is 7.93. The summed E-state index contributed by atoms with van der Waals surface area (Å²) in [4.78, 5) is 6.83. The van der Waals surface area contributed by atoms with Crippen molar-refractivity contribution in [3.8, 4) is 0 Å². The average Bonchev–Trinajstić information content (AvgIpc) is 2.70. The van der Waals surface area contributed by atoms with Gasteiger partial charge in [-0.3, -0.25) is 0 Å². The van der Waals surface area contributed by atoms with E-state index in [2.05, 4.69) is 22.9 Å². The van der Waals surface area contributed by atoms with Crippen LogP contribution in [0, 0.1) is 6.92 Å². The SMILES string of the molecule is Cc1cc(CN)cnc1N1CCCC1. The molecule has 3 nitrogen and oxygen atoms in total. The van der Waals surface area contributed by atoms with E-state index in [0.717, 1.165) is 24.5 Å². The van der Waals surface area contributed by atoms with E-state index < -0.39 is 0 Å². The van der Waals surface area contributed by atoms with Crippen LogP contribution in [-0.2, 0) is 6.54 Å². The van der Waals surface area contributed by atoms with Crippen molar-refractivity contribution in [1.29, 1.82) is 0 Å². The van der Waals surface area contributed by atoms with Crippen LogP contribution in [0.3, 0.4) is 0 Å². The van der Waals surface area contributed by atoms with E-state index in [1.807, 2.05) is 6.20 Å². The zero-order valence-electron chi connectivity index (χ0n) is 8.66. The van der Waals surface area contributed by atoms with Gasteiger partial charge in [-0.1, -0.05) is 0 Å². The predicted molar refractivity (Wildman–Crippen MR) is 58.3 cm³/mol. The highest BCUT2D eigenvalue weighted by Crippen LogP contribution is 2.21. The maximum atomic E-state index is 5.57. The first-order valence-corrected chi connectivity index (χ1v) is 5.22. The second-order valence-corrected chi connectivity index (χ2v) is 3.88. The molecule has 2 heterocycles. The van der Waals surface area contributed by atoms with E-state index >= 15 is 0 Å². The second-order valence-electron chi connectivity index (χ2n) is 3.88. The van der Waals surface area contributed by atoms with Gasteiger partial charge in [0.05, 0.1) is 0 Å². The summed E-state index contributed by atoms with van der Waals surface area (Å²) in [5, 5.41) is 0. The summed E-state index contributed by atoms with van der Waals surface area (Å²) in [6, 6.07) is 2.14. The van der Waals surface area contributed by atoms with Crippen LogP contribution in [0.5, 0.6) is 0 Å². The summed E-state index contributed by atoms with van der Waals surface area (Å²) in [5.74, 6) is 1.14. The Morgan fingerprint density at radius 2 is 2.14 bits per heavy atom. The van der Waals surface area contributed by atoms with Gasteiger partial charge in [-0.15, -0.1) is 0 Å². The van der Waals surface area contributed by atoms with Crippen LogP contribution in [0.4, 0.5) is 5.82 Å². The quantitative estimate of drug-likeness (QED) is 0.769. The van der Waals surface area contributed by atoms with Gasteiger partial charge >= 0.3 is 0 Å². The Labute approximate surface area is 84.9 Å². The standard InChI is InChI=1S/C11H17N3/c1-9-6-10(7-12)8-13-11(9)14-4-2-3-5-14/h6,8H,2-5,7,12H2,1H3. The fourth-order valence-corrected chi connectivity index (χ4v) is 2.00. The van der Waals surface area contributed by atoms with Crippen molar-refractivity contribution in [2.75, 3.05) is 18.0 Å². The van der Waals surface area contributed by atoms with Crippen molar-refractivity contribution in [3.05, 3.63) is 23.4 Å². The van der Waals surface area contributed by atoms with E-state index in [4.69, 9.17) is 5.73 Å². The highest BCUT2D eigenvalue weighted by Gasteiger charge is 2.15. The first kappa shape index (κ1) is 9.46. The van der Waals surface area contributed by atoms with Gasteiger partial charge in [0.1, 0.15) is 5.82 Å². The zero-order chi connectivity index (χ0) is 9.97. The lowest BCUT2D eigenvalue weighted by Gasteiger charge is -2.18. The van der Waals surface area contributed by atoms with Gasteiger partial charge in [0.25, 0.3) is 0 Å². The lowest BCUT2D eigenvalue weighted by molar-refractivity contribution is 0.918. The van der Waals surface area contributed by atoms with E-state index in [-0.39, 0.29) is 0 Å². The van der Waals surface area contributed by atoms with Gasteiger partial charge < -0.3 is 10.6 Å². The minimum absolute atomic E-state index is 0.578. The molecular weight excluding hydrogens is 174 g/mol. The number of nitrogens with two attached hydrogens (primary N) is 1. The molecule has 1 aliphatic rings. The topological polar surface area (TPSA) is 42.1 Å². The number of aryl methyl sites for hydroxylation is 1. The van der Waals surface area contributed by atoms with Crippen molar-refractivity contribution >= 4 is 5.82 Å². The summed E-state index contributed by atoms with van der Waals surface area (Å²) in [6.07, 6.45) is 4.47. The van der Waals surface area contributed by atoms with Crippen LogP contribution in [-0.4, -0.2) is 18.1 Å². The Morgan fingerprint density at radius 3 is 2.71 bits per heavy atom. The monoisotopic (exact) mass is 191 g/mol. The van der Waals surface area contributed by atoms with Crippen LogP contribution in [0.15, 0.2) is 12.3 Å².